The Bertz CT molecular complexity index is 1540. The highest BCUT2D eigenvalue weighted by Crippen LogP contribution is 2.40. The predicted molar refractivity (Wildman–Crippen MR) is 172 cm³/mol. The Balaban J connectivity index is 1.32. The van der Waals surface area contributed by atoms with Crippen LogP contribution in [-0.2, 0) is 11.2 Å². The first-order valence-corrected chi connectivity index (χ1v) is 15.2. The highest BCUT2D eigenvalue weighted by molar-refractivity contribution is 5.91. The Morgan fingerprint density at radius 1 is 0.786 bits per heavy atom. The molecule has 5 heteroatoms. The minimum absolute atomic E-state index is 0.0931. The van der Waals surface area contributed by atoms with Gasteiger partial charge in [-0.3, -0.25) is 0 Å². The van der Waals surface area contributed by atoms with Gasteiger partial charge in [-0.1, -0.05) is 74.5 Å². The lowest BCUT2D eigenvalue weighted by Gasteiger charge is -2.41. The molecule has 0 atom stereocenters. The summed E-state index contributed by atoms with van der Waals surface area (Å²) in [4.78, 5) is 14.4. The third kappa shape index (κ3) is 6.67. The molecule has 0 radical (unpaired) electrons. The van der Waals surface area contributed by atoms with Crippen molar-refractivity contribution in [3.8, 4) is 11.5 Å². The van der Waals surface area contributed by atoms with Crippen LogP contribution in [0.2, 0.25) is 0 Å². The van der Waals surface area contributed by atoms with Crippen LogP contribution in [0.4, 0.5) is 4.79 Å². The summed E-state index contributed by atoms with van der Waals surface area (Å²) < 4.78 is 18.1. The SMILES string of the molecule is COc1ccc2ccccc2c1Cc1c(OCCC(C)(C)C2CCN(C(=O)OC(C)(C)C)CC2)ccc2ccccc12. The number of hydrogen-bond donors (Lipinski definition) is 0. The summed E-state index contributed by atoms with van der Waals surface area (Å²) in [5.41, 5.74) is 1.99. The van der Waals surface area contributed by atoms with Gasteiger partial charge < -0.3 is 19.1 Å². The third-order valence-electron chi connectivity index (χ3n) is 8.82. The van der Waals surface area contributed by atoms with E-state index in [0.29, 0.717) is 18.9 Å². The molecule has 0 N–H and O–H groups in total. The zero-order valence-corrected chi connectivity index (χ0v) is 26.0. The van der Waals surface area contributed by atoms with E-state index < -0.39 is 5.60 Å². The molecular formula is C37H45NO4. The lowest BCUT2D eigenvalue weighted by Crippen LogP contribution is -2.44. The molecule has 1 saturated heterocycles. The number of hydrogen-bond acceptors (Lipinski definition) is 4. The molecule has 1 fully saturated rings. The van der Waals surface area contributed by atoms with E-state index >= 15 is 0 Å². The summed E-state index contributed by atoms with van der Waals surface area (Å²) in [6.07, 6.45) is 3.42. The topological polar surface area (TPSA) is 48.0 Å². The van der Waals surface area contributed by atoms with Crippen LogP contribution in [0.1, 0.15) is 65.0 Å². The number of carbonyl (C=O) groups is 1. The van der Waals surface area contributed by atoms with Crippen molar-refractivity contribution >= 4 is 27.6 Å². The molecule has 4 aromatic carbocycles. The minimum Gasteiger partial charge on any atom is -0.496 e. The molecule has 5 rings (SSSR count). The molecule has 0 aliphatic carbocycles. The molecule has 1 amide bonds. The number of benzene rings is 4. The fourth-order valence-electron chi connectivity index (χ4n) is 6.30. The van der Waals surface area contributed by atoms with E-state index in [9.17, 15) is 4.79 Å². The first kappa shape index (κ1) is 29.8. The van der Waals surface area contributed by atoms with E-state index in [1.807, 2.05) is 25.7 Å². The molecule has 42 heavy (non-hydrogen) atoms. The number of nitrogens with zero attached hydrogens (tertiary/aromatic N) is 1. The number of methoxy groups -OCH3 is 1. The van der Waals surface area contributed by atoms with Gasteiger partial charge in [0.05, 0.1) is 13.7 Å². The van der Waals surface area contributed by atoms with Gasteiger partial charge in [0.25, 0.3) is 0 Å². The van der Waals surface area contributed by atoms with Gasteiger partial charge >= 0.3 is 6.09 Å². The summed E-state index contributed by atoms with van der Waals surface area (Å²) in [6, 6.07) is 25.5. The van der Waals surface area contributed by atoms with E-state index in [1.54, 1.807) is 7.11 Å². The molecule has 0 unspecified atom stereocenters. The van der Waals surface area contributed by atoms with E-state index in [2.05, 4.69) is 86.6 Å². The maximum absolute atomic E-state index is 12.5. The normalized spacial score (nSPS) is 14.8. The highest BCUT2D eigenvalue weighted by atomic mass is 16.6. The average Bonchev–Trinajstić information content (AvgIpc) is 2.97. The van der Waals surface area contributed by atoms with Gasteiger partial charge in [-0.05, 0) is 85.0 Å². The minimum atomic E-state index is -0.467. The summed E-state index contributed by atoms with van der Waals surface area (Å²) in [5, 5.41) is 4.82. The molecule has 4 aromatic rings. The van der Waals surface area contributed by atoms with Crippen molar-refractivity contribution in [1.29, 1.82) is 0 Å². The molecule has 222 valence electrons. The lowest BCUT2D eigenvalue weighted by atomic mass is 9.72. The monoisotopic (exact) mass is 567 g/mol. The van der Waals surface area contributed by atoms with Gasteiger partial charge in [0.2, 0.25) is 0 Å². The van der Waals surface area contributed by atoms with Crippen LogP contribution in [0.3, 0.4) is 0 Å². The van der Waals surface area contributed by atoms with Crippen LogP contribution in [0.25, 0.3) is 21.5 Å². The Kier molecular flexibility index (Phi) is 8.68. The fraction of sp³-hybridized carbons (Fsp3) is 0.432. The number of likely N-dealkylation sites (tertiary alicyclic amines) is 1. The maximum Gasteiger partial charge on any atom is 0.410 e. The van der Waals surface area contributed by atoms with Crippen molar-refractivity contribution in [2.45, 2.75) is 65.9 Å². The van der Waals surface area contributed by atoms with Crippen LogP contribution in [0.15, 0.2) is 72.8 Å². The smallest absolute Gasteiger partial charge is 0.410 e. The fourth-order valence-corrected chi connectivity index (χ4v) is 6.30. The Morgan fingerprint density at radius 3 is 1.90 bits per heavy atom. The van der Waals surface area contributed by atoms with E-state index in [1.165, 1.54) is 32.7 Å². The van der Waals surface area contributed by atoms with Gasteiger partial charge in [-0.25, -0.2) is 4.79 Å². The number of fused-ring (bicyclic) bond motifs is 2. The van der Waals surface area contributed by atoms with Crippen LogP contribution < -0.4 is 9.47 Å². The van der Waals surface area contributed by atoms with Gasteiger partial charge in [-0.2, -0.15) is 0 Å². The van der Waals surface area contributed by atoms with E-state index in [4.69, 9.17) is 14.2 Å². The van der Waals surface area contributed by atoms with Crippen molar-refractivity contribution in [3.05, 3.63) is 83.9 Å². The standard InChI is InChI=1S/C37H45NO4/c1-36(2,3)42-35(39)38-22-19-28(20-23-38)37(4,5)21-24-41-34-18-16-27-12-8-10-14-30(27)32(34)25-31-29-13-9-7-11-26(29)15-17-33(31)40-6/h7-18,28H,19-25H2,1-6H3. The molecule has 1 aliphatic rings. The summed E-state index contributed by atoms with van der Waals surface area (Å²) in [5.74, 6) is 2.35. The molecule has 0 spiro atoms. The first-order valence-electron chi connectivity index (χ1n) is 15.2. The van der Waals surface area contributed by atoms with Crippen molar-refractivity contribution in [2.24, 2.45) is 11.3 Å². The summed E-state index contributed by atoms with van der Waals surface area (Å²) >= 11 is 0. The molecule has 0 bridgehead atoms. The molecule has 1 aliphatic heterocycles. The van der Waals surface area contributed by atoms with Crippen molar-refractivity contribution in [2.75, 3.05) is 26.8 Å². The van der Waals surface area contributed by atoms with Gasteiger partial charge in [0, 0.05) is 30.6 Å². The van der Waals surface area contributed by atoms with Gasteiger partial charge in [0.1, 0.15) is 17.1 Å². The number of piperidine rings is 1. The zero-order chi connectivity index (χ0) is 29.9. The number of carbonyl (C=O) groups excluding carboxylic acids is 1. The third-order valence-corrected chi connectivity index (χ3v) is 8.82. The molecule has 0 aromatic heterocycles. The Morgan fingerprint density at radius 2 is 1.33 bits per heavy atom. The second kappa shape index (κ2) is 12.2. The molecule has 0 saturated carbocycles. The zero-order valence-electron chi connectivity index (χ0n) is 26.0. The van der Waals surface area contributed by atoms with Crippen molar-refractivity contribution in [1.82, 2.24) is 4.90 Å². The van der Waals surface area contributed by atoms with Crippen LogP contribution in [0, 0.1) is 11.3 Å². The lowest BCUT2D eigenvalue weighted by molar-refractivity contribution is 0.00992. The number of amides is 1. The van der Waals surface area contributed by atoms with Crippen LogP contribution in [0.5, 0.6) is 11.5 Å². The molecule has 1 heterocycles. The van der Waals surface area contributed by atoms with E-state index in [-0.39, 0.29) is 11.5 Å². The number of ether oxygens (including phenoxy) is 3. The molecular weight excluding hydrogens is 522 g/mol. The Hall–Kier alpha value is -3.73. The molecule has 5 nitrogen and oxygen atoms in total. The van der Waals surface area contributed by atoms with E-state index in [0.717, 1.165) is 43.9 Å². The summed E-state index contributed by atoms with van der Waals surface area (Å²) in [6.45, 7) is 12.5. The summed E-state index contributed by atoms with van der Waals surface area (Å²) in [7, 11) is 1.74. The highest BCUT2D eigenvalue weighted by Gasteiger charge is 2.35. The van der Waals surface area contributed by atoms with Gasteiger partial charge in [-0.15, -0.1) is 0 Å². The maximum atomic E-state index is 12.5. The van der Waals surface area contributed by atoms with Crippen LogP contribution >= 0.6 is 0 Å². The van der Waals surface area contributed by atoms with Crippen molar-refractivity contribution < 1.29 is 19.0 Å². The first-order chi connectivity index (χ1) is 20.1. The predicted octanol–water partition coefficient (Wildman–Crippen LogP) is 9.03. The second-order valence-corrected chi connectivity index (χ2v) is 13.2. The second-order valence-electron chi connectivity index (χ2n) is 13.2. The quantitative estimate of drug-likeness (QED) is 0.213. The van der Waals surface area contributed by atoms with Crippen molar-refractivity contribution in [3.63, 3.8) is 0 Å². The number of rotatable bonds is 8. The largest absolute Gasteiger partial charge is 0.496 e. The average molecular weight is 568 g/mol. The Labute approximate surface area is 250 Å². The van der Waals surface area contributed by atoms with Gasteiger partial charge in [0.15, 0.2) is 0 Å². The van der Waals surface area contributed by atoms with Crippen LogP contribution in [-0.4, -0.2) is 43.4 Å².